The van der Waals surface area contributed by atoms with Gasteiger partial charge in [0.25, 0.3) is 5.91 Å². The third kappa shape index (κ3) is 4.99. The fraction of sp³-hybridized carbons (Fsp3) is 0.316. The molecule has 2 N–H and O–H groups in total. The highest BCUT2D eigenvalue weighted by molar-refractivity contribution is 7.89. The maximum atomic E-state index is 12.6. The van der Waals surface area contributed by atoms with Crippen LogP contribution in [0.1, 0.15) is 21.5 Å². The van der Waals surface area contributed by atoms with Crippen molar-refractivity contribution in [3.8, 4) is 11.5 Å². The molecule has 0 saturated carbocycles. The van der Waals surface area contributed by atoms with Crippen molar-refractivity contribution in [3.05, 3.63) is 53.1 Å². The van der Waals surface area contributed by atoms with E-state index < -0.39 is 10.0 Å². The number of aryl methyl sites for hydroxylation is 1. The molecule has 0 fully saturated rings. The molecular formula is C19H24N2O5S. The van der Waals surface area contributed by atoms with Gasteiger partial charge in [0.1, 0.15) is 0 Å². The second-order valence-corrected chi connectivity index (χ2v) is 7.72. The van der Waals surface area contributed by atoms with E-state index in [0.29, 0.717) is 30.0 Å². The Morgan fingerprint density at radius 2 is 1.74 bits per heavy atom. The number of sulfonamides is 1. The maximum Gasteiger partial charge on any atom is 0.253 e. The van der Waals surface area contributed by atoms with Gasteiger partial charge in [-0.1, -0.05) is 12.1 Å². The van der Waals surface area contributed by atoms with Gasteiger partial charge in [0.05, 0.1) is 19.1 Å². The summed E-state index contributed by atoms with van der Waals surface area (Å²) in [7, 11) is 0.923. The summed E-state index contributed by atoms with van der Waals surface area (Å²) in [5.74, 6) is 0.988. The monoisotopic (exact) mass is 392 g/mol. The van der Waals surface area contributed by atoms with Gasteiger partial charge in [0, 0.05) is 19.2 Å². The number of carbonyl (C=O) groups is 1. The Morgan fingerprint density at radius 1 is 1.07 bits per heavy atom. The summed E-state index contributed by atoms with van der Waals surface area (Å²) in [5.41, 5.74) is 1.77. The number of nitrogens with two attached hydrogens (primary N) is 1. The standard InChI is InChI=1S/C19H24N2O5S/c1-13-5-7-15(12-18(13)27(20,23)24)19(22)21(2)10-9-14-6-8-16(25-3)17(11-14)26-4/h5-8,11-12H,9-10H2,1-4H3,(H2,20,23,24). The Morgan fingerprint density at radius 3 is 2.33 bits per heavy atom. The molecule has 0 saturated heterocycles. The van der Waals surface area contributed by atoms with Crippen LogP contribution in [0.4, 0.5) is 0 Å². The molecule has 1 amide bonds. The summed E-state index contributed by atoms with van der Waals surface area (Å²) in [6.45, 7) is 2.08. The van der Waals surface area contributed by atoms with Crippen molar-refractivity contribution in [2.24, 2.45) is 5.14 Å². The second kappa shape index (κ2) is 8.41. The third-order valence-corrected chi connectivity index (χ3v) is 5.33. The van der Waals surface area contributed by atoms with E-state index in [1.807, 2.05) is 18.2 Å². The number of likely N-dealkylation sites (N-methyl/N-ethyl adjacent to an activating group) is 1. The van der Waals surface area contributed by atoms with E-state index in [9.17, 15) is 13.2 Å². The minimum atomic E-state index is -3.88. The predicted molar refractivity (Wildman–Crippen MR) is 103 cm³/mol. The second-order valence-electron chi connectivity index (χ2n) is 6.19. The van der Waals surface area contributed by atoms with Crippen molar-refractivity contribution in [1.29, 1.82) is 0 Å². The number of amides is 1. The zero-order valence-corrected chi connectivity index (χ0v) is 16.7. The molecule has 0 atom stereocenters. The van der Waals surface area contributed by atoms with Crippen LogP contribution in [0, 0.1) is 6.92 Å². The van der Waals surface area contributed by atoms with Crippen LogP contribution >= 0.6 is 0 Å². The Hall–Kier alpha value is -2.58. The quantitative estimate of drug-likeness (QED) is 0.777. The summed E-state index contributed by atoms with van der Waals surface area (Å²) < 4.78 is 33.8. The predicted octanol–water partition coefficient (Wildman–Crippen LogP) is 1.97. The van der Waals surface area contributed by atoms with E-state index in [4.69, 9.17) is 14.6 Å². The number of benzene rings is 2. The van der Waals surface area contributed by atoms with Gasteiger partial charge < -0.3 is 14.4 Å². The normalized spacial score (nSPS) is 11.1. The lowest BCUT2D eigenvalue weighted by molar-refractivity contribution is 0.0796. The smallest absolute Gasteiger partial charge is 0.253 e. The third-order valence-electron chi connectivity index (χ3n) is 4.27. The van der Waals surface area contributed by atoms with Crippen molar-refractivity contribution in [2.45, 2.75) is 18.2 Å². The molecule has 0 aliphatic heterocycles. The number of rotatable bonds is 7. The van der Waals surface area contributed by atoms with E-state index in [1.165, 1.54) is 11.0 Å². The van der Waals surface area contributed by atoms with E-state index in [-0.39, 0.29) is 16.4 Å². The topological polar surface area (TPSA) is 98.9 Å². The Balaban J connectivity index is 2.13. The summed E-state index contributed by atoms with van der Waals surface area (Å²) >= 11 is 0. The minimum Gasteiger partial charge on any atom is -0.493 e. The van der Waals surface area contributed by atoms with Gasteiger partial charge in [-0.25, -0.2) is 13.6 Å². The van der Waals surface area contributed by atoms with E-state index in [0.717, 1.165) is 5.56 Å². The number of primary sulfonamides is 1. The fourth-order valence-corrected chi connectivity index (χ4v) is 3.50. The molecule has 2 aromatic rings. The number of nitrogens with zero attached hydrogens (tertiary/aromatic N) is 1. The van der Waals surface area contributed by atoms with Gasteiger partial charge in [-0.3, -0.25) is 4.79 Å². The zero-order valence-electron chi connectivity index (χ0n) is 15.9. The first kappa shape index (κ1) is 20.7. The van der Waals surface area contributed by atoms with Crippen molar-refractivity contribution >= 4 is 15.9 Å². The molecule has 146 valence electrons. The summed E-state index contributed by atoms with van der Waals surface area (Å²) in [6, 6.07) is 10.1. The van der Waals surface area contributed by atoms with Crippen molar-refractivity contribution in [2.75, 3.05) is 27.8 Å². The van der Waals surface area contributed by atoms with Crippen LogP contribution in [0.25, 0.3) is 0 Å². The van der Waals surface area contributed by atoms with Crippen molar-refractivity contribution < 1.29 is 22.7 Å². The zero-order chi connectivity index (χ0) is 20.2. The van der Waals surface area contributed by atoms with Crippen LogP contribution in [-0.4, -0.2) is 47.0 Å². The summed E-state index contributed by atoms with van der Waals surface area (Å²) in [5, 5.41) is 5.21. The molecule has 0 aliphatic carbocycles. The first-order valence-corrected chi connectivity index (χ1v) is 9.82. The van der Waals surface area contributed by atoms with Crippen LogP contribution < -0.4 is 14.6 Å². The van der Waals surface area contributed by atoms with Gasteiger partial charge in [-0.15, -0.1) is 0 Å². The molecule has 2 aromatic carbocycles. The van der Waals surface area contributed by atoms with Gasteiger partial charge >= 0.3 is 0 Å². The average molecular weight is 392 g/mol. The fourth-order valence-electron chi connectivity index (χ4n) is 2.69. The van der Waals surface area contributed by atoms with Gasteiger partial charge in [0.15, 0.2) is 11.5 Å². The lowest BCUT2D eigenvalue weighted by atomic mass is 10.1. The van der Waals surface area contributed by atoms with Crippen LogP contribution in [0.2, 0.25) is 0 Å². The molecule has 0 radical (unpaired) electrons. The highest BCUT2D eigenvalue weighted by Crippen LogP contribution is 2.27. The molecule has 2 rings (SSSR count). The van der Waals surface area contributed by atoms with E-state index in [1.54, 1.807) is 40.3 Å². The molecule has 0 spiro atoms. The molecule has 0 aliphatic rings. The van der Waals surface area contributed by atoms with E-state index >= 15 is 0 Å². The molecule has 0 unspecified atom stereocenters. The molecule has 27 heavy (non-hydrogen) atoms. The lowest BCUT2D eigenvalue weighted by Crippen LogP contribution is -2.29. The summed E-state index contributed by atoms with van der Waals surface area (Å²) in [6.07, 6.45) is 0.608. The molecular weight excluding hydrogens is 368 g/mol. The Labute approximate surface area is 159 Å². The number of hydrogen-bond acceptors (Lipinski definition) is 5. The van der Waals surface area contributed by atoms with Crippen LogP contribution in [-0.2, 0) is 16.4 Å². The summed E-state index contributed by atoms with van der Waals surface area (Å²) in [4.78, 5) is 14.1. The molecule has 0 heterocycles. The Kier molecular flexibility index (Phi) is 6.45. The van der Waals surface area contributed by atoms with Gasteiger partial charge in [-0.2, -0.15) is 0 Å². The number of methoxy groups -OCH3 is 2. The number of carbonyl (C=O) groups excluding carboxylic acids is 1. The molecule has 7 nitrogen and oxygen atoms in total. The first-order valence-electron chi connectivity index (χ1n) is 8.27. The highest BCUT2D eigenvalue weighted by Gasteiger charge is 2.17. The SMILES string of the molecule is COc1ccc(CCN(C)C(=O)c2ccc(C)c(S(N)(=O)=O)c2)cc1OC. The Bertz CT molecular complexity index is 941. The molecule has 0 aromatic heterocycles. The average Bonchev–Trinajstić information content (AvgIpc) is 2.64. The van der Waals surface area contributed by atoms with Gasteiger partial charge in [-0.05, 0) is 48.7 Å². The van der Waals surface area contributed by atoms with Crippen LogP contribution in [0.15, 0.2) is 41.3 Å². The molecule has 0 bridgehead atoms. The van der Waals surface area contributed by atoms with E-state index in [2.05, 4.69) is 0 Å². The van der Waals surface area contributed by atoms with Crippen LogP contribution in [0.5, 0.6) is 11.5 Å². The minimum absolute atomic E-state index is 0.0401. The maximum absolute atomic E-state index is 12.6. The van der Waals surface area contributed by atoms with Gasteiger partial charge in [0.2, 0.25) is 10.0 Å². The lowest BCUT2D eigenvalue weighted by Gasteiger charge is -2.18. The number of hydrogen-bond donors (Lipinski definition) is 1. The van der Waals surface area contributed by atoms with Crippen molar-refractivity contribution in [3.63, 3.8) is 0 Å². The highest BCUT2D eigenvalue weighted by atomic mass is 32.2. The number of ether oxygens (including phenoxy) is 2. The first-order chi connectivity index (χ1) is 12.7. The van der Waals surface area contributed by atoms with Crippen LogP contribution in [0.3, 0.4) is 0 Å². The van der Waals surface area contributed by atoms with Crippen molar-refractivity contribution in [1.82, 2.24) is 4.90 Å². The molecule has 8 heteroatoms. The largest absolute Gasteiger partial charge is 0.493 e.